The van der Waals surface area contributed by atoms with Crippen LogP contribution in [-0.4, -0.2) is 23.2 Å². The van der Waals surface area contributed by atoms with Gasteiger partial charge in [-0.05, 0) is 57.3 Å². The zero-order valence-corrected chi connectivity index (χ0v) is 15.2. The number of benzene rings is 2. The van der Waals surface area contributed by atoms with Gasteiger partial charge in [0.05, 0.1) is 0 Å². The van der Waals surface area contributed by atoms with Crippen LogP contribution in [0.2, 0.25) is 0 Å². The van der Waals surface area contributed by atoms with E-state index in [-0.39, 0.29) is 6.61 Å². The number of hydrogen-bond acceptors (Lipinski definition) is 6. The molecule has 0 aliphatic heterocycles. The number of likely N-dealkylation sites (N-methyl/N-ethyl adjacent to an activating group) is 1. The van der Waals surface area contributed by atoms with E-state index in [2.05, 4.69) is 22.4 Å². The SMILES string of the molecule is CNC(C)Cc1noc(COc2ccc(Oc3ccc(C)cc3)cc2)n1. The van der Waals surface area contributed by atoms with Gasteiger partial charge in [0.2, 0.25) is 0 Å². The van der Waals surface area contributed by atoms with Crippen molar-refractivity contribution in [2.75, 3.05) is 7.05 Å². The Kier molecular flexibility index (Phi) is 5.86. The Morgan fingerprint density at radius 2 is 1.62 bits per heavy atom. The van der Waals surface area contributed by atoms with Crippen molar-refractivity contribution < 1.29 is 14.0 Å². The minimum Gasteiger partial charge on any atom is -0.484 e. The molecule has 0 saturated heterocycles. The lowest BCUT2D eigenvalue weighted by molar-refractivity contribution is 0.242. The number of nitrogens with one attached hydrogen (secondary N) is 1. The summed E-state index contributed by atoms with van der Waals surface area (Å²) in [6, 6.07) is 15.7. The molecule has 1 N–H and O–H groups in total. The van der Waals surface area contributed by atoms with Crippen molar-refractivity contribution in [1.82, 2.24) is 15.5 Å². The number of hydrogen-bond donors (Lipinski definition) is 1. The van der Waals surface area contributed by atoms with E-state index in [1.807, 2.05) is 62.5 Å². The van der Waals surface area contributed by atoms with Gasteiger partial charge in [0.1, 0.15) is 17.2 Å². The van der Waals surface area contributed by atoms with Crippen molar-refractivity contribution in [2.45, 2.75) is 32.9 Å². The standard InChI is InChI=1S/C20H23N3O3/c1-14-4-6-17(7-5-14)25-18-10-8-16(9-11-18)24-13-20-22-19(23-26-20)12-15(2)21-3/h4-11,15,21H,12-13H2,1-3H3. The normalized spacial score (nSPS) is 12.0. The number of aromatic nitrogens is 2. The number of aryl methyl sites for hydroxylation is 1. The van der Waals surface area contributed by atoms with E-state index in [1.54, 1.807) is 0 Å². The summed E-state index contributed by atoms with van der Waals surface area (Å²) in [5.74, 6) is 3.40. The average Bonchev–Trinajstić information content (AvgIpc) is 3.10. The van der Waals surface area contributed by atoms with Crippen molar-refractivity contribution in [1.29, 1.82) is 0 Å². The van der Waals surface area contributed by atoms with Gasteiger partial charge in [0.15, 0.2) is 12.4 Å². The van der Waals surface area contributed by atoms with Gasteiger partial charge in [0.25, 0.3) is 5.89 Å². The molecule has 1 atom stereocenters. The monoisotopic (exact) mass is 353 g/mol. The van der Waals surface area contributed by atoms with Gasteiger partial charge in [-0.3, -0.25) is 0 Å². The minimum atomic E-state index is 0.235. The first kappa shape index (κ1) is 17.9. The molecular formula is C20H23N3O3. The fourth-order valence-corrected chi connectivity index (χ4v) is 2.30. The van der Waals surface area contributed by atoms with Crippen LogP contribution in [0.1, 0.15) is 24.2 Å². The lowest BCUT2D eigenvalue weighted by Crippen LogP contribution is -2.24. The summed E-state index contributed by atoms with van der Waals surface area (Å²) >= 11 is 0. The molecule has 1 unspecified atom stereocenters. The van der Waals surface area contributed by atoms with Crippen LogP contribution in [0.3, 0.4) is 0 Å². The van der Waals surface area contributed by atoms with Gasteiger partial charge in [0, 0.05) is 12.5 Å². The van der Waals surface area contributed by atoms with Crippen LogP contribution in [0.5, 0.6) is 17.2 Å². The highest BCUT2D eigenvalue weighted by atomic mass is 16.5. The summed E-state index contributed by atoms with van der Waals surface area (Å²) in [7, 11) is 1.90. The molecule has 3 aromatic rings. The van der Waals surface area contributed by atoms with Gasteiger partial charge in [-0.15, -0.1) is 0 Å². The van der Waals surface area contributed by atoms with Crippen molar-refractivity contribution in [3.05, 3.63) is 65.8 Å². The first-order valence-electron chi connectivity index (χ1n) is 8.58. The molecule has 1 aromatic heterocycles. The zero-order chi connectivity index (χ0) is 18.4. The zero-order valence-electron chi connectivity index (χ0n) is 15.2. The predicted molar refractivity (Wildman–Crippen MR) is 98.6 cm³/mol. The molecule has 1 heterocycles. The highest BCUT2D eigenvalue weighted by Crippen LogP contribution is 2.24. The Hall–Kier alpha value is -2.86. The number of ether oxygens (including phenoxy) is 2. The van der Waals surface area contributed by atoms with E-state index in [0.717, 1.165) is 11.5 Å². The van der Waals surface area contributed by atoms with Crippen molar-refractivity contribution in [3.8, 4) is 17.2 Å². The van der Waals surface area contributed by atoms with Gasteiger partial charge in [-0.2, -0.15) is 4.98 Å². The van der Waals surface area contributed by atoms with E-state index in [9.17, 15) is 0 Å². The van der Waals surface area contributed by atoms with Crippen molar-refractivity contribution in [3.63, 3.8) is 0 Å². The second-order valence-electron chi connectivity index (χ2n) is 6.17. The van der Waals surface area contributed by atoms with Crippen LogP contribution in [0.4, 0.5) is 0 Å². The quantitative estimate of drug-likeness (QED) is 0.662. The summed E-state index contributed by atoms with van der Waals surface area (Å²) < 4.78 is 16.7. The fraction of sp³-hybridized carbons (Fsp3) is 0.300. The third kappa shape index (κ3) is 5.07. The predicted octanol–water partition coefficient (Wildman–Crippen LogP) is 3.90. The van der Waals surface area contributed by atoms with E-state index in [0.29, 0.717) is 29.9 Å². The highest BCUT2D eigenvalue weighted by molar-refractivity contribution is 5.36. The van der Waals surface area contributed by atoms with E-state index in [4.69, 9.17) is 14.0 Å². The smallest absolute Gasteiger partial charge is 0.264 e. The number of nitrogens with zero attached hydrogens (tertiary/aromatic N) is 2. The molecule has 0 fully saturated rings. The van der Waals surface area contributed by atoms with Crippen LogP contribution in [0, 0.1) is 6.92 Å². The number of rotatable bonds is 8. The van der Waals surface area contributed by atoms with Crippen molar-refractivity contribution in [2.24, 2.45) is 0 Å². The molecule has 0 radical (unpaired) electrons. The Labute approximate surface area is 153 Å². The van der Waals surface area contributed by atoms with Crippen LogP contribution < -0.4 is 14.8 Å². The molecule has 0 aliphatic rings. The molecule has 0 saturated carbocycles. The maximum Gasteiger partial charge on any atom is 0.264 e. The maximum atomic E-state index is 5.80. The molecule has 6 nitrogen and oxygen atoms in total. The first-order chi connectivity index (χ1) is 12.6. The van der Waals surface area contributed by atoms with Gasteiger partial charge in [-0.25, -0.2) is 0 Å². The third-order valence-electron chi connectivity index (χ3n) is 3.93. The van der Waals surface area contributed by atoms with Gasteiger partial charge < -0.3 is 19.3 Å². The average molecular weight is 353 g/mol. The molecule has 3 rings (SSSR count). The molecule has 136 valence electrons. The van der Waals surface area contributed by atoms with Crippen LogP contribution >= 0.6 is 0 Å². The second-order valence-corrected chi connectivity index (χ2v) is 6.17. The van der Waals surface area contributed by atoms with Gasteiger partial charge in [-0.1, -0.05) is 22.9 Å². The summed E-state index contributed by atoms with van der Waals surface area (Å²) in [5.41, 5.74) is 1.20. The van der Waals surface area contributed by atoms with Gasteiger partial charge >= 0.3 is 0 Å². The van der Waals surface area contributed by atoms with E-state index >= 15 is 0 Å². The molecule has 0 aliphatic carbocycles. The Balaban J connectivity index is 1.52. The van der Waals surface area contributed by atoms with E-state index in [1.165, 1.54) is 5.56 Å². The lowest BCUT2D eigenvalue weighted by atomic mass is 10.2. The molecule has 0 spiro atoms. The molecule has 0 bridgehead atoms. The second kappa shape index (κ2) is 8.49. The van der Waals surface area contributed by atoms with Crippen LogP contribution in [-0.2, 0) is 13.0 Å². The topological polar surface area (TPSA) is 69.4 Å². The molecular weight excluding hydrogens is 330 g/mol. The minimum absolute atomic E-state index is 0.235. The van der Waals surface area contributed by atoms with Crippen molar-refractivity contribution >= 4 is 0 Å². The Morgan fingerprint density at radius 3 is 2.27 bits per heavy atom. The highest BCUT2D eigenvalue weighted by Gasteiger charge is 2.10. The molecule has 6 heteroatoms. The maximum absolute atomic E-state index is 5.80. The molecule has 26 heavy (non-hydrogen) atoms. The third-order valence-corrected chi connectivity index (χ3v) is 3.93. The Morgan fingerprint density at radius 1 is 1.00 bits per heavy atom. The van der Waals surface area contributed by atoms with Crippen LogP contribution in [0.15, 0.2) is 53.1 Å². The van der Waals surface area contributed by atoms with Crippen LogP contribution in [0.25, 0.3) is 0 Å². The summed E-state index contributed by atoms with van der Waals surface area (Å²) in [6.07, 6.45) is 0.713. The first-order valence-corrected chi connectivity index (χ1v) is 8.58. The summed E-state index contributed by atoms with van der Waals surface area (Å²) in [4.78, 5) is 4.33. The van der Waals surface area contributed by atoms with E-state index < -0.39 is 0 Å². The fourth-order valence-electron chi connectivity index (χ4n) is 2.30. The molecule has 2 aromatic carbocycles. The summed E-state index contributed by atoms with van der Waals surface area (Å²) in [6.45, 7) is 4.34. The lowest BCUT2D eigenvalue weighted by Gasteiger charge is -2.07. The Bertz CT molecular complexity index is 813. The molecule has 0 amide bonds. The summed E-state index contributed by atoms with van der Waals surface area (Å²) in [5, 5.41) is 7.10. The largest absolute Gasteiger partial charge is 0.484 e.